The second-order valence-electron chi connectivity index (χ2n) is 7.80. The summed E-state index contributed by atoms with van der Waals surface area (Å²) in [5, 5.41) is 0. The highest BCUT2D eigenvalue weighted by molar-refractivity contribution is 6.76. The Balaban J connectivity index is 1.72. The van der Waals surface area contributed by atoms with E-state index in [1.165, 1.54) is 0 Å². The lowest BCUT2D eigenvalue weighted by molar-refractivity contribution is 0.0895. The Morgan fingerprint density at radius 2 is 2.13 bits per heavy atom. The third kappa shape index (κ3) is 3.99. The molecule has 2 aromatic rings. The van der Waals surface area contributed by atoms with Crippen LogP contribution in [-0.2, 0) is 11.5 Å². The van der Waals surface area contributed by atoms with Gasteiger partial charge in [-0.05, 0) is 42.5 Å². The highest BCUT2D eigenvalue weighted by Gasteiger charge is 2.30. The number of hydrogen-bond donors (Lipinski definition) is 1. The molecular weight excluding hydrogens is 309 g/mol. The van der Waals surface area contributed by atoms with E-state index in [2.05, 4.69) is 24.6 Å². The maximum absolute atomic E-state index is 14.5. The molecule has 0 aliphatic heterocycles. The number of halogens is 1. The van der Waals surface area contributed by atoms with Gasteiger partial charge in [-0.25, -0.2) is 9.37 Å². The fourth-order valence-electron chi connectivity index (χ4n) is 2.74. The molecule has 1 fully saturated rings. The first kappa shape index (κ1) is 16.6. The fraction of sp³-hybridized carbons (Fsp3) is 0.588. The predicted octanol–water partition coefficient (Wildman–Crippen LogP) is 3.90. The lowest BCUT2D eigenvalue weighted by atomic mass is 10.0. The second-order valence-corrected chi connectivity index (χ2v) is 13.4. The molecule has 0 saturated heterocycles. The summed E-state index contributed by atoms with van der Waals surface area (Å²) in [6.45, 7) is 7.99. The molecule has 0 amide bonds. The first-order chi connectivity index (χ1) is 10.8. The van der Waals surface area contributed by atoms with Gasteiger partial charge < -0.3 is 15.0 Å². The van der Waals surface area contributed by atoms with Crippen molar-refractivity contribution in [1.82, 2.24) is 9.55 Å². The van der Waals surface area contributed by atoms with Gasteiger partial charge in [0.05, 0.1) is 11.8 Å². The van der Waals surface area contributed by atoms with E-state index >= 15 is 0 Å². The van der Waals surface area contributed by atoms with Crippen molar-refractivity contribution < 1.29 is 9.13 Å². The summed E-state index contributed by atoms with van der Waals surface area (Å²) in [5.41, 5.74) is 8.20. The smallest absolute Gasteiger partial charge is 0.149 e. The molecule has 0 unspecified atom stereocenters. The van der Waals surface area contributed by atoms with Gasteiger partial charge in [0.15, 0.2) is 0 Å². The lowest BCUT2D eigenvalue weighted by Gasteiger charge is -2.16. The third-order valence-corrected chi connectivity index (χ3v) is 6.13. The van der Waals surface area contributed by atoms with Crippen molar-refractivity contribution in [3.63, 3.8) is 0 Å². The molecule has 6 heteroatoms. The number of nitrogens with two attached hydrogens (primary N) is 1. The minimum absolute atomic E-state index is 0.0768. The summed E-state index contributed by atoms with van der Waals surface area (Å²) in [7, 11) is -1.11. The Labute approximate surface area is 137 Å². The molecule has 1 atom stereocenters. The predicted molar refractivity (Wildman–Crippen MR) is 93.4 cm³/mol. The highest BCUT2D eigenvalue weighted by Crippen LogP contribution is 2.40. The van der Waals surface area contributed by atoms with Gasteiger partial charge >= 0.3 is 0 Å². The van der Waals surface area contributed by atoms with E-state index in [4.69, 9.17) is 10.5 Å². The summed E-state index contributed by atoms with van der Waals surface area (Å²) in [4.78, 5) is 4.33. The van der Waals surface area contributed by atoms with Gasteiger partial charge in [-0.2, -0.15) is 0 Å². The Morgan fingerprint density at radius 1 is 1.39 bits per heavy atom. The van der Waals surface area contributed by atoms with Crippen molar-refractivity contribution in [3.05, 3.63) is 29.8 Å². The number of nitrogens with zero attached hydrogens (tertiary/aromatic N) is 2. The molecule has 2 N–H and O–H groups in total. The monoisotopic (exact) mass is 335 g/mol. The molecule has 1 saturated carbocycles. The quantitative estimate of drug-likeness (QED) is 0.617. The zero-order chi connectivity index (χ0) is 16.6. The van der Waals surface area contributed by atoms with Crippen LogP contribution in [0.4, 0.5) is 4.39 Å². The zero-order valence-corrected chi connectivity index (χ0v) is 15.2. The molecule has 0 bridgehead atoms. The average Bonchev–Trinajstić information content (AvgIpc) is 3.23. The Kier molecular flexibility index (Phi) is 4.58. The van der Waals surface area contributed by atoms with Gasteiger partial charge in [0.25, 0.3) is 0 Å². The molecule has 3 rings (SSSR count). The van der Waals surface area contributed by atoms with Gasteiger partial charge in [0.1, 0.15) is 18.1 Å². The number of aromatic nitrogens is 2. The lowest BCUT2D eigenvalue weighted by Crippen LogP contribution is -2.22. The minimum atomic E-state index is -1.11. The van der Waals surface area contributed by atoms with Crippen molar-refractivity contribution >= 4 is 19.1 Å². The first-order valence-corrected chi connectivity index (χ1v) is 12.0. The topological polar surface area (TPSA) is 53.1 Å². The maximum atomic E-state index is 14.5. The van der Waals surface area contributed by atoms with E-state index in [1.54, 1.807) is 17.0 Å². The number of hydrogen-bond acceptors (Lipinski definition) is 3. The van der Waals surface area contributed by atoms with Crippen molar-refractivity contribution in [2.45, 2.75) is 51.3 Å². The second kappa shape index (κ2) is 6.34. The molecular formula is C17H26FN3OSi. The third-order valence-electron chi connectivity index (χ3n) is 4.43. The van der Waals surface area contributed by atoms with Crippen LogP contribution in [0, 0.1) is 11.7 Å². The van der Waals surface area contributed by atoms with Crippen LogP contribution in [0.5, 0.6) is 0 Å². The number of fused-ring (bicyclic) bond motifs is 1. The van der Waals surface area contributed by atoms with Gasteiger partial charge in [0, 0.05) is 20.7 Å². The summed E-state index contributed by atoms with van der Waals surface area (Å²) in [6, 6.07) is 4.50. The molecule has 1 heterocycles. The SMILES string of the molecule is C[Si](C)(C)CCOCn1cnc2cc([C@H](N)C3CC3)cc(F)c21. The van der Waals surface area contributed by atoms with E-state index in [0.717, 1.165) is 24.4 Å². The van der Waals surface area contributed by atoms with Crippen LogP contribution < -0.4 is 5.73 Å². The number of ether oxygens (including phenoxy) is 1. The van der Waals surface area contributed by atoms with E-state index in [9.17, 15) is 4.39 Å². The van der Waals surface area contributed by atoms with E-state index in [-0.39, 0.29) is 11.9 Å². The van der Waals surface area contributed by atoms with E-state index in [1.807, 2.05) is 6.07 Å². The Morgan fingerprint density at radius 3 is 2.78 bits per heavy atom. The number of benzene rings is 1. The molecule has 126 valence electrons. The maximum Gasteiger partial charge on any atom is 0.149 e. The highest BCUT2D eigenvalue weighted by atomic mass is 28.3. The van der Waals surface area contributed by atoms with Gasteiger partial charge in [-0.1, -0.05) is 19.6 Å². The molecule has 1 aromatic carbocycles. The van der Waals surface area contributed by atoms with E-state index < -0.39 is 8.07 Å². The molecule has 0 radical (unpaired) electrons. The van der Waals surface area contributed by atoms with Crippen LogP contribution >= 0.6 is 0 Å². The largest absolute Gasteiger partial charge is 0.361 e. The molecule has 1 aliphatic rings. The average molecular weight is 335 g/mol. The molecule has 4 nitrogen and oxygen atoms in total. The van der Waals surface area contributed by atoms with Crippen LogP contribution in [0.3, 0.4) is 0 Å². The van der Waals surface area contributed by atoms with Gasteiger partial charge in [-0.15, -0.1) is 0 Å². The van der Waals surface area contributed by atoms with Crippen LogP contribution in [0.1, 0.15) is 24.4 Å². The zero-order valence-electron chi connectivity index (χ0n) is 14.2. The summed E-state index contributed by atoms with van der Waals surface area (Å²) < 4.78 is 22.0. The first-order valence-electron chi connectivity index (χ1n) is 8.33. The standard InChI is InChI=1S/C17H26FN3OSi/c1-23(2,3)7-6-22-11-21-10-20-15-9-13(8-14(18)17(15)21)16(19)12-4-5-12/h8-10,12,16H,4-7,11,19H2,1-3H3/t16-/m1/s1. The van der Waals surface area contributed by atoms with Crippen LogP contribution in [0.2, 0.25) is 25.7 Å². The number of rotatable bonds is 7. The molecule has 1 aromatic heterocycles. The van der Waals surface area contributed by atoms with Crippen LogP contribution in [0.25, 0.3) is 11.0 Å². The summed E-state index contributed by atoms with van der Waals surface area (Å²) in [6.07, 6.45) is 3.93. The molecule has 1 aliphatic carbocycles. The fourth-order valence-corrected chi connectivity index (χ4v) is 3.49. The van der Waals surface area contributed by atoms with Gasteiger partial charge in [-0.3, -0.25) is 0 Å². The van der Waals surface area contributed by atoms with E-state index in [0.29, 0.717) is 30.3 Å². The van der Waals surface area contributed by atoms with Gasteiger partial charge in [0.2, 0.25) is 0 Å². The van der Waals surface area contributed by atoms with Crippen LogP contribution in [0.15, 0.2) is 18.5 Å². The Bertz CT molecular complexity index is 691. The molecule has 23 heavy (non-hydrogen) atoms. The minimum Gasteiger partial charge on any atom is -0.361 e. The summed E-state index contributed by atoms with van der Waals surface area (Å²) >= 11 is 0. The normalized spacial score (nSPS) is 16.9. The molecule has 0 spiro atoms. The van der Waals surface area contributed by atoms with Crippen molar-refractivity contribution in [1.29, 1.82) is 0 Å². The van der Waals surface area contributed by atoms with Crippen molar-refractivity contribution in [3.8, 4) is 0 Å². The van der Waals surface area contributed by atoms with Crippen molar-refractivity contribution in [2.24, 2.45) is 11.7 Å². The summed E-state index contributed by atoms with van der Waals surface area (Å²) in [5.74, 6) is 0.235. The van der Waals surface area contributed by atoms with Crippen LogP contribution in [-0.4, -0.2) is 24.2 Å². The number of imidazole rings is 1. The van der Waals surface area contributed by atoms with Crippen molar-refractivity contribution in [2.75, 3.05) is 6.61 Å². The Hall–Kier alpha value is -1.24.